The average molecular weight is 307 g/mol. The normalized spacial score (nSPS) is 17.0. The van der Waals surface area contributed by atoms with E-state index in [9.17, 15) is 0 Å². The number of hydrogen-bond acceptors (Lipinski definition) is 5. The van der Waals surface area contributed by atoms with Crippen molar-refractivity contribution in [1.29, 1.82) is 0 Å². The first kappa shape index (κ1) is 16.5. The Labute approximate surface area is 132 Å². The molecule has 0 aromatic carbocycles. The summed E-state index contributed by atoms with van der Waals surface area (Å²) >= 11 is 1.76. The summed E-state index contributed by atoms with van der Waals surface area (Å²) in [4.78, 5) is 8.66. The number of rotatable bonds is 5. The first-order valence-corrected chi connectivity index (χ1v) is 8.32. The van der Waals surface area contributed by atoms with Gasteiger partial charge in [0.2, 0.25) is 0 Å². The van der Waals surface area contributed by atoms with Crippen LogP contribution in [0.1, 0.15) is 10.4 Å². The van der Waals surface area contributed by atoms with Crippen LogP contribution in [0.15, 0.2) is 11.4 Å². The zero-order valence-electron chi connectivity index (χ0n) is 13.0. The molecule has 1 aliphatic rings. The maximum Gasteiger partial charge on any atom is 0.104 e. The zero-order chi connectivity index (χ0) is 15.1. The van der Waals surface area contributed by atoms with E-state index >= 15 is 0 Å². The van der Waals surface area contributed by atoms with Crippen LogP contribution >= 0.6 is 11.3 Å². The molecule has 0 radical (unpaired) electrons. The lowest BCUT2D eigenvalue weighted by Crippen LogP contribution is -2.47. The molecule has 4 nitrogen and oxygen atoms in total. The zero-order valence-corrected chi connectivity index (χ0v) is 13.8. The third-order valence-corrected chi connectivity index (χ3v) is 4.59. The molecule has 21 heavy (non-hydrogen) atoms. The van der Waals surface area contributed by atoms with Crippen LogP contribution < -0.4 is 0 Å². The van der Waals surface area contributed by atoms with Gasteiger partial charge in [0.05, 0.1) is 0 Å². The van der Waals surface area contributed by atoms with Gasteiger partial charge in [0.25, 0.3) is 0 Å². The highest BCUT2D eigenvalue weighted by atomic mass is 32.1. The Hall–Kier alpha value is -0.900. The van der Waals surface area contributed by atoms with Crippen LogP contribution in [0, 0.1) is 11.8 Å². The van der Waals surface area contributed by atoms with Crippen LogP contribution in [0.5, 0.6) is 0 Å². The van der Waals surface area contributed by atoms with Crippen molar-refractivity contribution in [2.75, 3.05) is 60.0 Å². The van der Waals surface area contributed by atoms with Gasteiger partial charge < -0.3 is 10.0 Å². The number of likely N-dealkylation sites (N-methyl/N-ethyl adjacent to an activating group) is 1. The Bertz CT molecular complexity index is 481. The monoisotopic (exact) mass is 307 g/mol. The standard InChI is InChI=1S/C16H25N3OS/c1-17(2)5-6-18-7-9-19(10-8-18)13-16-12-15(14-21-16)4-3-11-20/h12,14,20H,5-11,13H2,1-2H3. The van der Waals surface area contributed by atoms with E-state index in [-0.39, 0.29) is 6.61 Å². The molecule has 116 valence electrons. The molecule has 0 atom stereocenters. The highest BCUT2D eigenvalue weighted by Gasteiger charge is 2.17. The molecule has 0 spiro atoms. The number of piperazine rings is 1. The highest BCUT2D eigenvalue weighted by Crippen LogP contribution is 2.17. The molecule has 0 unspecified atom stereocenters. The van der Waals surface area contributed by atoms with E-state index in [1.54, 1.807) is 11.3 Å². The predicted molar refractivity (Wildman–Crippen MR) is 88.6 cm³/mol. The Morgan fingerprint density at radius 3 is 2.62 bits per heavy atom. The van der Waals surface area contributed by atoms with Crippen molar-refractivity contribution >= 4 is 11.3 Å². The lowest BCUT2D eigenvalue weighted by molar-refractivity contribution is 0.121. The van der Waals surface area contributed by atoms with E-state index in [0.717, 1.165) is 44.8 Å². The maximum atomic E-state index is 8.71. The summed E-state index contributed by atoms with van der Waals surface area (Å²) in [5.41, 5.74) is 1.02. The second-order valence-corrected chi connectivity index (χ2v) is 6.68. The van der Waals surface area contributed by atoms with Gasteiger partial charge in [-0.2, -0.15) is 0 Å². The van der Waals surface area contributed by atoms with Gasteiger partial charge in [-0.05, 0) is 20.2 Å². The second kappa shape index (κ2) is 8.52. The average Bonchev–Trinajstić information content (AvgIpc) is 2.92. The van der Waals surface area contributed by atoms with E-state index in [4.69, 9.17) is 5.11 Å². The molecule has 1 aromatic rings. The van der Waals surface area contributed by atoms with Gasteiger partial charge in [0, 0.05) is 61.6 Å². The van der Waals surface area contributed by atoms with E-state index in [2.05, 4.69) is 52.1 Å². The van der Waals surface area contributed by atoms with Gasteiger partial charge in [-0.25, -0.2) is 0 Å². The van der Waals surface area contributed by atoms with Crippen LogP contribution in [0.25, 0.3) is 0 Å². The summed E-state index contributed by atoms with van der Waals surface area (Å²) in [5.74, 6) is 5.66. The van der Waals surface area contributed by atoms with E-state index < -0.39 is 0 Å². The summed E-state index contributed by atoms with van der Waals surface area (Å²) < 4.78 is 0. The fraction of sp³-hybridized carbons (Fsp3) is 0.625. The lowest BCUT2D eigenvalue weighted by Gasteiger charge is -2.34. The smallest absolute Gasteiger partial charge is 0.104 e. The van der Waals surface area contributed by atoms with Crippen molar-refractivity contribution in [2.24, 2.45) is 0 Å². The van der Waals surface area contributed by atoms with Gasteiger partial charge in [0.15, 0.2) is 0 Å². The quantitative estimate of drug-likeness (QED) is 0.814. The lowest BCUT2D eigenvalue weighted by atomic mass is 10.2. The minimum Gasteiger partial charge on any atom is -0.384 e. The number of aliphatic hydroxyl groups excluding tert-OH is 1. The number of thiophene rings is 1. The predicted octanol–water partition coefficient (Wildman–Crippen LogP) is 0.771. The molecule has 0 aliphatic carbocycles. The summed E-state index contributed by atoms with van der Waals surface area (Å²) in [6.07, 6.45) is 0. The number of hydrogen-bond donors (Lipinski definition) is 1. The molecular formula is C16H25N3OS. The Balaban J connectivity index is 1.74. The third kappa shape index (κ3) is 5.77. The number of nitrogens with zero attached hydrogens (tertiary/aromatic N) is 3. The van der Waals surface area contributed by atoms with Crippen molar-refractivity contribution in [3.63, 3.8) is 0 Å². The minimum atomic E-state index is -0.0694. The molecule has 5 heteroatoms. The van der Waals surface area contributed by atoms with Gasteiger partial charge in [-0.3, -0.25) is 9.80 Å². The largest absolute Gasteiger partial charge is 0.384 e. The molecule has 1 saturated heterocycles. The topological polar surface area (TPSA) is 30.0 Å². The van der Waals surface area contributed by atoms with Crippen LogP contribution in [-0.2, 0) is 6.54 Å². The third-order valence-electron chi connectivity index (χ3n) is 3.67. The van der Waals surface area contributed by atoms with E-state index in [1.165, 1.54) is 11.4 Å². The summed E-state index contributed by atoms with van der Waals surface area (Å²) in [6, 6.07) is 2.14. The summed E-state index contributed by atoms with van der Waals surface area (Å²) in [7, 11) is 4.26. The number of aliphatic hydroxyl groups is 1. The summed E-state index contributed by atoms with van der Waals surface area (Å²) in [6.45, 7) is 7.87. The second-order valence-electron chi connectivity index (χ2n) is 5.68. The molecule has 0 amide bonds. The van der Waals surface area contributed by atoms with Crippen LogP contribution in [-0.4, -0.2) is 79.8 Å². The van der Waals surface area contributed by atoms with E-state index in [1.807, 2.05) is 0 Å². The first-order valence-electron chi connectivity index (χ1n) is 7.44. The van der Waals surface area contributed by atoms with Gasteiger partial charge in [-0.1, -0.05) is 11.8 Å². The summed E-state index contributed by atoms with van der Waals surface area (Å²) in [5, 5.41) is 10.8. The van der Waals surface area contributed by atoms with Crippen molar-refractivity contribution < 1.29 is 5.11 Å². The van der Waals surface area contributed by atoms with Gasteiger partial charge >= 0.3 is 0 Å². The molecule has 2 heterocycles. The van der Waals surface area contributed by atoms with Crippen LogP contribution in [0.4, 0.5) is 0 Å². The molecule has 2 rings (SSSR count). The van der Waals surface area contributed by atoms with Crippen LogP contribution in [0.3, 0.4) is 0 Å². The molecule has 1 fully saturated rings. The fourth-order valence-corrected chi connectivity index (χ4v) is 3.26. The molecule has 1 aromatic heterocycles. The van der Waals surface area contributed by atoms with Gasteiger partial charge in [0.1, 0.15) is 6.61 Å². The maximum absolute atomic E-state index is 8.71. The van der Waals surface area contributed by atoms with Crippen molar-refractivity contribution in [1.82, 2.24) is 14.7 Å². The Morgan fingerprint density at radius 1 is 1.24 bits per heavy atom. The molecule has 1 N–H and O–H groups in total. The Kier molecular flexibility index (Phi) is 6.68. The Morgan fingerprint density at radius 2 is 1.95 bits per heavy atom. The highest BCUT2D eigenvalue weighted by molar-refractivity contribution is 7.10. The van der Waals surface area contributed by atoms with Crippen molar-refractivity contribution in [2.45, 2.75) is 6.54 Å². The van der Waals surface area contributed by atoms with E-state index in [0.29, 0.717) is 0 Å². The van der Waals surface area contributed by atoms with Crippen molar-refractivity contribution in [3.8, 4) is 11.8 Å². The molecule has 1 aliphatic heterocycles. The first-order chi connectivity index (χ1) is 10.2. The molecule has 0 bridgehead atoms. The minimum absolute atomic E-state index is 0.0694. The van der Waals surface area contributed by atoms with Gasteiger partial charge in [-0.15, -0.1) is 11.3 Å². The molecular weight excluding hydrogens is 282 g/mol. The van der Waals surface area contributed by atoms with Crippen molar-refractivity contribution in [3.05, 3.63) is 21.9 Å². The molecule has 0 saturated carbocycles. The fourth-order valence-electron chi connectivity index (χ4n) is 2.40. The SMILES string of the molecule is CN(C)CCN1CCN(Cc2cc(C#CCO)cs2)CC1. The van der Waals surface area contributed by atoms with Crippen LogP contribution in [0.2, 0.25) is 0 Å².